The predicted molar refractivity (Wildman–Crippen MR) is 113 cm³/mol. The first-order chi connectivity index (χ1) is 13.3. The number of aromatic nitrogens is 2. The predicted octanol–water partition coefficient (Wildman–Crippen LogP) is 2.62. The fraction of sp³-hybridized carbons (Fsp3) is 0.381. The second-order valence-corrected chi connectivity index (χ2v) is 7.09. The number of benzene rings is 1. The van der Waals surface area contributed by atoms with Crippen LogP contribution in [0.25, 0.3) is 6.08 Å². The van der Waals surface area contributed by atoms with Gasteiger partial charge in [-0.05, 0) is 24.0 Å². The summed E-state index contributed by atoms with van der Waals surface area (Å²) < 4.78 is 1.31. The Hall–Kier alpha value is -3.09. The number of amides is 1. The second-order valence-electron chi connectivity index (χ2n) is 7.09. The van der Waals surface area contributed by atoms with Gasteiger partial charge >= 0.3 is 5.69 Å². The lowest BCUT2D eigenvalue weighted by Crippen LogP contribution is -2.41. The summed E-state index contributed by atoms with van der Waals surface area (Å²) in [5.41, 5.74) is 5.85. The van der Waals surface area contributed by atoms with Gasteiger partial charge in [0, 0.05) is 19.2 Å². The standard InChI is InChI=1S/C21H28N4O3/c1-4-5-13-24(17(26)12-11-16-9-7-6-8-10-16)18-19(22)25(14-15(2)3)21(28)23-20(18)27/h6-12,15H,4-5,13-14,22H2,1-3H3,(H,23,27,28)/b12-11+. The smallest absolute Gasteiger partial charge is 0.330 e. The Balaban J connectivity index is 2.47. The van der Waals surface area contributed by atoms with E-state index in [1.807, 2.05) is 51.1 Å². The summed E-state index contributed by atoms with van der Waals surface area (Å²) in [7, 11) is 0. The SMILES string of the molecule is CCCCN(C(=O)/C=C/c1ccccc1)c1c(N)n(CC(C)C)c(=O)[nH]c1=O. The van der Waals surface area contributed by atoms with Crippen LogP contribution in [0.2, 0.25) is 0 Å². The number of carbonyl (C=O) groups excluding carboxylic acids is 1. The molecule has 7 heteroatoms. The maximum Gasteiger partial charge on any atom is 0.330 e. The van der Waals surface area contributed by atoms with Crippen LogP contribution >= 0.6 is 0 Å². The van der Waals surface area contributed by atoms with Gasteiger partial charge in [0.15, 0.2) is 5.69 Å². The minimum Gasteiger partial charge on any atom is -0.383 e. The van der Waals surface area contributed by atoms with Crippen molar-refractivity contribution in [1.29, 1.82) is 0 Å². The first kappa shape index (κ1) is 21.2. The molecule has 0 fully saturated rings. The van der Waals surface area contributed by atoms with Crippen LogP contribution in [0.4, 0.5) is 11.5 Å². The summed E-state index contributed by atoms with van der Waals surface area (Å²) in [4.78, 5) is 41.2. The van der Waals surface area contributed by atoms with Gasteiger partial charge in [-0.3, -0.25) is 19.1 Å². The third kappa shape index (κ3) is 5.22. The molecule has 0 atom stereocenters. The third-order valence-electron chi connectivity index (χ3n) is 4.25. The van der Waals surface area contributed by atoms with Crippen molar-refractivity contribution in [2.24, 2.45) is 5.92 Å². The van der Waals surface area contributed by atoms with E-state index in [4.69, 9.17) is 5.73 Å². The number of nitrogens with two attached hydrogens (primary N) is 1. The largest absolute Gasteiger partial charge is 0.383 e. The number of nitrogens with one attached hydrogen (secondary N) is 1. The van der Waals surface area contributed by atoms with Gasteiger partial charge in [-0.2, -0.15) is 0 Å². The number of rotatable bonds is 8. The molecule has 2 rings (SSSR count). The van der Waals surface area contributed by atoms with Crippen molar-refractivity contribution < 1.29 is 4.79 Å². The van der Waals surface area contributed by atoms with Gasteiger partial charge in [-0.25, -0.2) is 4.79 Å². The Morgan fingerprint density at radius 2 is 1.93 bits per heavy atom. The maximum absolute atomic E-state index is 12.9. The van der Waals surface area contributed by atoms with Crippen molar-refractivity contribution in [3.8, 4) is 0 Å². The maximum atomic E-state index is 12.9. The Labute approximate surface area is 164 Å². The van der Waals surface area contributed by atoms with E-state index in [1.165, 1.54) is 15.5 Å². The Bertz CT molecular complexity index is 942. The molecule has 0 unspecified atom stereocenters. The molecule has 3 N–H and O–H groups in total. The molecule has 1 aromatic heterocycles. The van der Waals surface area contributed by atoms with Crippen molar-refractivity contribution in [1.82, 2.24) is 9.55 Å². The van der Waals surface area contributed by atoms with Crippen LogP contribution in [-0.2, 0) is 11.3 Å². The number of unbranched alkanes of at least 4 members (excludes halogenated alkanes) is 1. The number of aromatic amines is 1. The molecule has 0 bridgehead atoms. The third-order valence-corrected chi connectivity index (χ3v) is 4.25. The molecule has 0 aliphatic heterocycles. The van der Waals surface area contributed by atoms with E-state index >= 15 is 0 Å². The van der Waals surface area contributed by atoms with Crippen LogP contribution in [0.1, 0.15) is 39.2 Å². The fourth-order valence-electron chi connectivity index (χ4n) is 2.85. The lowest BCUT2D eigenvalue weighted by atomic mass is 10.2. The van der Waals surface area contributed by atoms with Crippen molar-refractivity contribution >= 4 is 23.5 Å². The topological polar surface area (TPSA) is 101 Å². The van der Waals surface area contributed by atoms with Crippen molar-refractivity contribution in [3.63, 3.8) is 0 Å². The molecule has 0 saturated carbocycles. The summed E-state index contributed by atoms with van der Waals surface area (Å²) in [6.07, 6.45) is 4.65. The first-order valence-electron chi connectivity index (χ1n) is 9.52. The van der Waals surface area contributed by atoms with E-state index < -0.39 is 11.2 Å². The molecule has 1 amide bonds. The Morgan fingerprint density at radius 3 is 2.54 bits per heavy atom. The van der Waals surface area contributed by atoms with Crippen LogP contribution in [-0.4, -0.2) is 22.0 Å². The van der Waals surface area contributed by atoms with Gasteiger partial charge in [-0.1, -0.05) is 57.5 Å². The van der Waals surface area contributed by atoms with Crippen LogP contribution in [0.3, 0.4) is 0 Å². The van der Waals surface area contributed by atoms with Crippen LogP contribution in [0.15, 0.2) is 46.0 Å². The molecule has 7 nitrogen and oxygen atoms in total. The molecule has 2 aromatic rings. The monoisotopic (exact) mass is 384 g/mol. The van der Waals surface area contributed by atoms with Gasteiger partial charge in [0.25, 0.3) is 11.5 Å². The molecule has 0 spiro atoms. The number of hydrogen-bond donors (Lipinski definition) is 2. The summed E-state index contributed by atoms with van der Waals surface area (Å²) in [6, 6.07) is 9.41. The molecule has 0 aliphatic carbocycles. The van der Waals surface area contributed by atoms with Gasteiger partial charge in [0.1, 0.15) is 5.82 Å². The van der Waals surface area contributed by atoms with Gasteiger partial charge in [0.05, 0.1) is 0 Å². The molecule has 1 heterocycles. The zero-order valence-electron chi connectivity index (χ0n) is 16.6. The Kier molecular flexibility index (Phi) is 7.37. The fourth-order valence-corrected chi connectivity index (χ4v) is 2.85. The van der Waals surface area contributed by atoms with E-state index in [0.717, 1.165) is 12.0 Å². The minimum atomic E-state index is -0.653. The second kappa shape index (κ2) is 9.73. The van der Waals surface area contributed by atoms with Gasteiger partial charge in [-0.15, -0.1) is 0 Å². The lowest BCUT2D eigenvalue weighted by molar-refractivity contribution is -0.114. The van der Waals surface area contributed by atoms with E-state index in [0.29, 0.717) is 19.5 Å². The van der Waals surface area contributed by atoms with Crippen LogP contribution < -0.4 is 21.9 Å². The van der Waals surface area contributed by atoms with Crippen molar-refractivity contribution in [3.05, 3.63) is 62.8 Å². The molecular weight excluding hydrogens is 356 g/mol. The minimum absolute atomic E-state index is 0.0139. The highest BCUT2D eigenvalue weighted by molar-refractivity contribution is 6.05. The molecule has 0 saturated heterocycles. The molecule has 150 valence electrons. The van der Waals surface area contributed by atoms with Crippen molar-refractivity contribution in [2.45, 2.75) is 40.2 Å². The highest BCUT2D eigenvalue weighted by Gasteiger charge is 2.22. The van der Waals surface area contributed by atoms with Crippen LogP contribution in [0, 0.1) is 5.92 Å². The highest BCUT2D eigenvalue weighted by Crippen LogP contribution is 2.19. The summed E-state index contributed by atoms with van der Waals surface area (Å²) in [5.74, 6) is -0.194. The first-order valence-corrected chi connectivity index (χ1v) is 9.52. The van der Waals surface area contributed by atoms with Gasteiger partial charge in [0.2, 0.25) is 0 Å². The molecular formula is C21H28N4O3. The average molecular weight is 384 g/mol. The number of hydrogen-bond acceptors (Lipinski definition) is 4. The molecule has 1 aromatic carbocycles. The number of anilines is 2. The van der Waals surface area contributed by atoms with Gasteiger partial charge < -0.3 is 10.6 Å². The average Bonchev–Trinajstić information content (AvgIpc) is 2.66. The van der Waals surface area contributed by atoms with E-state index in [2.05, 4.69) is 4.98 Å². The zero-order valence-corrected chi connectivity index (χ0v) is 16.6. The molecule has 28 heavy (non-hydrogen) atoms. The van der Waals surface area contributed by atoms with E-state index in [1.54, 1.807) is 6.08 Å². The number of nitrogens with zero attached hydrogens (tertiary/aromatic N) is 2. The molecule has 0 aliphatic rings. The van der Waals surface area contributed by atoms with Crippen molar-refractivity contribution in [2.75, 3.05) is 17.2 Å². The molecule has 0 radical (unpaired) electrons. The normalized spacial score (nSPS) is 11.3. The van der Waals surface area contributed by atoms with E-state index in [9.17, 15) is 14.4 Å². The number of H-pyrrole nitrogens is 1. The number of carbonyl (C=O) groups is 1. The quantitative estimate of drug-likeness (QED) is 0.683. The highest BCUT2D eigenvalue weighted by atomic mass is 16.2. The summed E-state index contributed by atoms with van der Waals surface area (Å²) in [5, 5.41) is 0. The van der Waals surface area contributed by atoms with Crippen LogP contribution in [0.5, 0.6) is 0 Å². The summed E-state index contributed by atoms with van der Waals surface area (Å²) >= 11 is 0. The zero-order chi connectivity index (χ0) is 20.7. The lowest BCUT2D eigenvalue weighted by Gasteiger charge is -2.23. The Morgan fingerprint density at radius 1 is 1.25 bits per heavy atom. The summed E-state index contributed by atoms with van der Waals surface area (Å²) in [6.45, 7) is 6.57. The number of nitrogen functional groups attached to an aromatic ring is 1. The van der Waals surface area contributed by atoms with E-state index in [-0.39, 0.29) is 23.3 Å².